The van der Waals surface area contributed by atoms with Gasteiger partial charge in [0.05, 0.1) is 6.04 Å². The maximum absolute atomic E-state index is 11.4. The van der Waals surface area contributed by atoms with Gasteiger partial charge in [-0.1, -0.05) is 38.1 Å². The molecule has 0 aliphatic carbocycles. The van der Waals surface area contributed by atoms with Gasteiger partial charge in [0.1, 0.15) is 0 Å². The number of carbonyl (C=O) groups is 1. The molecule has 1 unspecified atom stereocenters. The average Bonchev–Trinajstić information content (AvgIpc) is 2.67. The fraction of sp³-hybridized carbons (Fsp3) is 0.636. The van der Waals surface area contributed by atoms with Crippen molar-refractivity contribution in [2.24, 2.45) is 10.9 Å². The van der Waals surface area contributed by atoms with E-state index in [1.165, 1.54) is 11.1 Å². The first-order chi connectivity index (χ1) is 13.4. The average molecular weight is 515 g/mol. The highest BCUT2D eigenvalue weighted by molar-refractivity contribution is 14.0. The van der Waals surface area contributed by atoms with Crippen molar-refractivity contribution in [2.45, 2.75) is 40.2 Å². The van der Waals surface area contributed by atoms with E-state index in [0.29, 0.717) is 5.92 Å². The molecular weight excluding hydrogens is 477 g/mol. The molecule has 1 aromatic carbocycles. The Morgan fingerprint density at radius 3 is 2.24 bits per heavy atom. The Hall–Kier alpha value is -1.35. The Morgan fingerprint density at radius 2 is 1.72 bits per heavy atom. The molecule has 1 aliphatic rings. The van der Waals surface area contributed by atoms with E-state index in [1.54, 1.807) is 14.0 Å². The zero-order chi connectivity index (χ0) is 20.5. The maximum atomic E-state index is 11.4. The van der Waals surface area contributed by atoms with E-state index in [1.807, 2.05) is 4.90 Å². The molecule has 1 atom stereocenters. The highest BCUT2D eigenvalue weighted by Crippen LogP contribution is 2.15. The van der Waals surface area contributed by atoms with E-state index >= 15 is 0 Å². The Balaban J connectivity index is 0.00000420. The van der Waals surface area contributed by atoms with Crippen molar-refractivity contribution in [1.82, 2.24) is 20.4 Å². The van der Waals surface area contributed by atoms with Gasteiger partial charge >= 0.3 is 0 Å². The molecule has 6 nitrogen and oxygen atoms in total. The van der Waals surface area contributed by atoms with Gasteiger partial charge in [0, 0.05) is 53.2 Å². The van der Waals surface area contributed by atoms with Gasteiger partial charge in [-0.05, 0) is 30.4 Å². The minimum atomic E-state index is 0. The van der Waals surface area contributed by atoms with Crippen molar-refractivity contribution in [2.75, 3.05) is 46.3 Å². The second kappa shape index (κ2) is 13.1. The highest BCUT2D eigenvalue weighted by atomic mass is 127. The van der Waals surface area contributed by atoms with Crippen LogP contribution in [0.4, 0.5) is 0 Å². The number of aliphatic imine (C=N–C) groups is 1. The summed E-state index contributed by atoms with van der Waals surface area (Å²) < 4.78 is 0. The molecule has 2 N–H and O–H groups in total. The SMILES string of the molecule is CN=C(NCCN1CCN(C(C)=O)CC1)NC(C)c1ccc(CC(C)C)cc1.I. The summed E-state index contributed by atoms with van der Waals surface area (Å²) in [6.07, 6.45) is 1.12. The van der Waals surface area contributed by atoms with Gasteiger partial charge in [-0.3, -0.25) is 14.7 Å². The summed E-state index contributed by atoms with van der Waals surface area (Å²) in [6.45, 7) is 13.6. The normalized spacial score (nSPS) is 16.3. The van der Waals surface area contributed by atoms with Gasteiger partial charge < -0.3 is 15.5 Å². The summed E-state index contributed by atoms with van der Waals surface area (Å²) in [4.78, 5) is 20.1. The van der Waals surface area contributed by atoms with Crippen LogP contribution in [0.15, 0.2) is 29.3 Å². The number of amides is 1. The van der Waals surface area contributed by atoms with E-state index in [4.69, 9.17) is 0 Å². The highest BCUT2D eigenvalue weighted by Gasteiger charge is 2.18. The van der Waals surface area contributed by atoms with Gasteiger partial charge in [0.2, 0.25) is 5.91 Å². The monoisotopic (exact) mass is 515 g/mol. The van der Waals surface area contributed by atoms with Gasteiger partial charge in [0.25, 0.3) is 0 Å². The first kappa shape index (κ1) is 25.7. The number of nitrogens with zero attached hydrogens (tertiary/aromatic N) is 3. The molecule has 0 aromatic heterocycles. The minimum Gasteiger partial charge on any atom is -0.355 e. The zero-order valence-electron chi connectivity index (χ0n) is 18.6. The number of halogens is 1. The Labute approximate surface area is 193 Å². The summed E-state index contributed by atoms with van der Waals surface area (Å²) in [5, 5.41) is 6.88. The summed E-state index contributed by atoms with van der Waals surface area (Å²) in [6, 6.07) is 9.06. The lowest BCUT2D eigenvalue weighted by Gasteiger charge is -2.34. The van der Waals surface area contributed by atoms with E-state index in [-0.39, 0.29) is 35.9 Å². The van der Waals surface area contributed by atoms with Gasteiger partial charge in [-0.2, -0.15) is 0 Å². The van der Waals surface area contributed by atoms with E-state index in [0.717, 1.165) is 51.6 Å². The van der Waals surface area contributed by atoms with E-state index in [2.05, 4.69) is 65.6 Å². The van der Waals surface area contributed by atoms with Crippen LogP contribution in [0.5, 0.6) is 0 Å². The number of benzene rings is 1. The van der Waals surface area contributed by atoms with Crippen LogP contribution in [0.25, 0.3) is 0 Å². The van der Waals surface area contributed by atoms with Crippen LogP contribution in [0.2, 0.25) is 0 Å². The Kier molecular flexibility index (Phi) is 11.6. The van der Waals surface area contributed by atoms with Crippen LogP contribution in [-0.2, 0) is 11.2 Å². The second-order valence-corrected chi connectivity index (χ2v) is 8.05. The second-order valence-electron chi connectivity index (χ2n) is 8.05. The molecule has 1 amide bonds. The van der Waals surface area contributed by atoms with Crippen molar-refractivity contribution in [3.8, 4) is 0 Å². The lowest BCUT2D eigenvalue weighted by Crippen LogP contribution is -2.50. The summed E-state index contributed by atoms with van der Waals surface area (Å²) >= 11 is 0. The number of hydrogen-bond acceptors (Lipinski definition) is 3. The third-order valence-corrected chi connectivity index (χ3v) is 5.24. The molecule has 0 radical (unpaired) electrons. The molecule has 1 aliphatic heterocycles. The van der Waals surface area contributed by atoms with Crippen LogP contribution in [0, 0.1) is 5.92 Å². The first-order valence-corrected chi connectivity index (χ1v) is 10.4. The van der Waals surface area contributed by atoms with Crippen LogP contribution < -0.4 is 10.6 Å². The van der Waals surface area contributed by atoms with Crippen LogP contribution in [-0.4, -0.2) is 68.0 Å². The van der Waals surface area contributed by atoms with Gasteiger partial charge in [-0.15, -0.1) is 24.0 Å². The van der Waals surface area contributed by atoms with E-state index in [9.17, 15) is 4.79 Å². The quantitative estimate of drug-likeness (QED) is 0.333. The number of hydrogen-bond donors (Lipinski definition) is 2. The minimum absolute atomic E-state index is 0. The summed E-state index contributed by atoms with van der Waals surface area (Å²) in [5.74, 6) is 1.67. The molecule has 164 valence electrons. The van der Waals surface area contributed by atoms with Gasteiger partial charge in [0.15, 0.2) is 5.96 Å². The van der Waals surface area contributed by atoms with Crippen molar-refractivity contribution in [3.05, 3.63) is 35.4 Å². The van der Waals surface area contributed by atoms with Crippen LogP contribution >= 0.6 is 24.0 Å². The molecule has 7 heteroatoms. The summed E-state index contributed by atoms with van der Waals surface area (Å²) in [7, 11) is 1.80. The smallest absolute Gasteiger partial charge is 0.219 e. The molecule has 1 heterocycles. The lowest BCUT2D eigenvalue weighted by atomic mass is 10.00. The zero-order valence-corrected chi connectivity index (χ0v) is 20.9. The van der Waals surface area contributed by atoms with Crippen molar-refractivity contribution < 1.29 is 4.79 Å². The van der Waals surface area contributed by atoms with E-state index < -0.39 is 0 Å². The third kappa shape index (κ3) is 8.90. The van der Waals surface area contributed by atoms with Crippen molar-refractivity contribution in [3.63, 3.8) is 0 Å². The summed E-state index contributed by atoms with van der Waals surface area (Å²) in [5.41, 5.74) is 2.65. The lowest BCUT2D eigenvalue weighted by molar-refractivity contribution is -0.130. The standard InChI is InChI=1S/C22H37N5O.HI/c1-17(2)16-20-6-8-21(9-7-20)18(3)25-22(23-5)24-10-11-26-12-14-27(15-13-26)19(4)28;/h6-9,17-18H,10-16H2,1-5H3,(H2,23,24,25);1H. The number of guanidine groups is 1. The number of carbonyl (C=O) groups excluding carboxylic acids is 1. The van der Waals surface area contributed by atoms with Crippen molar-refractivity contribution in [1.29, 1.82) is 0 Å². The molecule has 1 aromatic rings. The third-order valence-electron chi connectivity index (χ3n) is 5.24. The Morgan fingerprint density at radius 1 is 1.10 bits per heavy atom. The largest absolute Gasteiger partial charge is 0.355 e. The molecule has 0 spiro atoms. The maximum Gasteiger partial charge on any atom is 0.219 e. The molecule has 0 bridgehead atoms. The van der Waals surface area contributed by atoms with Gasteiger partial charge in [-0.25, -0.2) is 0 Å². The molecule has 29 heavy (non-hydrogen) atoms. The predicted octanol–water partition coefficient (Wildman–Crippen LogP) is 2.89. The molecule has 1 saturated heterocycles. The first-order valence-electron chi connectivity index (χ1n) is 10.4. The molecule has 0 saturated carbocycles. The predicted molar refractivity (Wildman–Crippen MR) is 132 cm³/mol. The van der Waals surface area contributed by atoms with Crippen LogP contribution in [0.3, 0.4) is 0 Å². The fourth-order valence-electron chi connectivity index (χ4n) is 3.52. The number of nitrogens with one attached hydrogen (secondary N) is 2. The van der Waals surface area contributed by atoms with Crippen LogP contribution in [0.1, 0.15) is 44.9 Å². The molecule has 2 rings (SSSR count). The fourth-order valence-corrected chi connectivity index (χ4v) is 3.52. The number of rotatable bonds is 7. The molecule has 1 fully saturated rings. The number of piperazine rings is 1. The molecular formula is C22H38IN5O. The Bertz CT molecular complexity index is 639. The van der Waals surface area contributed by atoms with Crippen molar-refractivity contribution >= 4 is 35.8 Å². The topological polar surface area (TPSA) is 60.0 Å².